The minimum atomic E-state index is -0.495. The van der Waals surface area contributed by atoms with Crippen molar-refractivity contribution in [2.45, 2.75) is 51.8 Å². The third-order valence-corrected chi connectivity index (χ3v) is 8.15. The largest absolute Gasteiger partial charge is 0.467 e. The van der Waals surface area contributed by atoms with E-state index < -0.39 is 10.7 Å². The third kappa shape index (κ3) is 5.43. The van der Waals surface area contributed by atoms with Crippen LogP contribution in [-0.2, 0) is 21.5 Å². The highest BCUT2D eigenvalue weighted by atomic mass is 32.2. The summed E-state index contributed by atoms with van der Waals surface area (Å²) in [6.45, 7) is 10.2. The monoisotopic (exact) mass is 560 g/mol. The molecule has 3 heterocycles. The van der Waals surface area contributed by atoms with E-state index in [1.54, 1.807) is 41.3 Å². The van der Waals surface area contributed by atoms with E-state index in [0.717, 1.165) is 28.1 Å². The van der Waals surface area contributed by atoms with Gasteiger partial charge in [-0.2, -0.15) is 5.10 Å². The van der Waals surface area contributed by atoms with Gasteiger partial charge in [-0.05, 0) is 43.7 Å². The van der Waals surface area contributed by atoms with E-state index in [2.05, 4.69) is 32.2 Å². The first-order valence-corrected chi connectivity index (χ1v) is 14.3. The number of anilines is 1. The Kier molecular flexibility index (Phi) is 7.59. The quantitative estimate of drug-likeness (QED) is 0.313. The van der Waals surface area contributed by atoms with E-state index in [-0.39, 0.29) is 36.5 Å². The van der Waals surface area contributed by atoms with Crippen LogP contribution in [0.15, 0.2) is 65.3 Å². The van der Waals surface area contributed by atoms with E-state index in [1.165, 1.54) is 22.7 Å². The Balaban J connectivity index is 1.71. The number of hydrogen-bond donors (Lipinski definition) is 1. The number of carbonyl (C=O) groups is 2. The van der Waals surface area contributed by atoms with Crippen molar-refractivity contribution in [3.63, 3.8) is 0 Å². The number of aromatic nitrogens is 2. The maximum Gasteiger partial charge on any atom is 0.240 e. The average Bonchev–Trinajstić information content (AvgIpc) is 3.53. The standard InChI is InChI=1S/C31H33FN4O3S/c1-19-12-13-24(20(2)15-19)36-30-27(29(34-36)31(3,4)5)28(22-10-6-7-11-23(22)32)40-18-26(38)35(30)17-25(37)33-16-21-9-8-14-39-21/h6-15,28H,16-18H2,1-5H3,(H,33,37)/t28-/m0/s1. The fraction of sp³-hybridized carbons (Fsp3) is 0.323. The summed E-state index contributed by atoms with van der Waals surface area (Å²) >= 11 is 1.36. The number of halogens is 1. The van der Waals surface area contributed by atoms with Gasteiger partial charge in [0.1, 0.15) is 23.9 Å². The minimum absolute atomic E-state index is 0.0790. The summed E-state index contributed by atoms with van der Waals surface area (Å²) in [6.07, 6.45) is 1.54. The molecule has 0 saturated heterocycles. The maximum absolute atomic E-state index is 15.3. The number of furan rings is 1. The molecule has 2 amide bonds. The Morgan fingerprint density at radius 3 is 2.60 bits per heavy atom. The molecule has 1 N–H and O–H groups in total. The van der Waals surface area contributed by atoms with Crippen LogP contribution in [0.1, 0.15) is 59.7 Å². The zero-order valence-corrected chi connectivity index (χ0v) is 24.1. The van der Waals surface area contributed by atoms with Crippen LogP contribution in [0.2, 0.25) is 0 Å². The molecular weight excluding hydrogens is 527 g/mol. The average molecular weight is 561 g/mol. The lowest BCUT2D eigenvalue weighted by atomic mass is 9.87. The second-order valence-corrected chi connectivity index (χ2v) is 12.2. The van der Waals surface area contributed by atoms with Gasteiger partial charge in [-0.25, -0.2) is 9.07 Å². The SMILES string of the molecule is Cc1ccc(-n2nc(C(C)(C)C)c3c2N(CC(=O)NCc2ccco2)C(=O)CS[C@H]3c2ccccc2F)c(C)c1. The minimum Gasteiger partial charge on any atom is -0.467 e. The van der Waals surface area contributed by atoms with Gasteiger partial charge in [0, 0.05) is 16.5 Å². The summed E-state index contributed by atoms with van der Waals surface area (Å²) in [6, 6.07) is 16.2. The molecule has 208 valence electrons. The Labute approximate surface area is 237 Å². The van der Waals surface area contributed by atoms with Gasteiger partial charge >= 0.3 is 0 Å². The molecule has 2 aromatic heterocycles. The number of hydrogen-bond acceptors (Lipinski definition) is 5. The Morgan fingerprint density at radius 1 is 1.15 bits per heavy atom. The molecule has 1 aliphatic rings. The normalized spacial score (nSPS) is 15.6. The highest BCUT2D eigenvalue weighted by Gasteiger charge is 2.40. The number of nitrogens with zero attached hydrogens (tertiary/aromatic N) is 3. The molecule has 1 atom stereocenters. The van der Waals surface area contributed by atoms with Crippen LogP contribution < -0.4 is 10.2 Å². The van der Waals surface area contributed by atoms with E-state index in [1.807, 2.05) is 26.0 Å². The second-order valence-electron chi connectivity index (χ2n) is 11.1. The Hall–Kier alpha value is -3.85. The number of amides is 2. The molecule has 0 fully saturated rings. The lowest BCUT2D eigenvalue weighted by Gasteiger charge is -2.25. The first-order chi connectivity index (χ1) is 19.0. The third-order valence-electron chi connectivity index (χ3n) is 6.91. The Bertz CT molecular complexity index is 1560. The van der Waals surface area contributed by atoms with Crippen molar-refractivity contribution < 1.29 is 18.4 Å². The van der Waals surface area contributed by atoms with E-state index in [0.29, 0.717) is 17.1 Å². The fourth-order valence-electron chi connectivity index (χ4n) is 5.02. The number of fused-ring (bicyclic) bond motifs is 1. The molecule has 0 radical (unpaired) electrons. The van der Waals surface area contributed by atoms with Crippen LogP contribution in [-0.4, -0.2) is 33.9 Å². The number of thioether (sulfide) groups is 1. The summed E-state index contributed by atoms with van der Waals surface area (Å²) in [7, 11) is 0. The van der Waals surface area contributed by atoms with Crippen LogP contribution in [0.3, 0.4) is 0 Å². The number of nitrogens with one attached hydrogen (secondary N) is 1. The molecule has 0 spiro atoms. The molecule has 0 bridgehead atoms. The molecular formula is C31H33FN4O3S. The summed E-state index contributed by atoms with van der Waals surface area (Å²) in [5.41, 5.74) is 4.41. The summed E-state index contributed by atoms with van der Waals surface area (Å²) in [5.74, 6) is 0.257. The van der Waals surface area contributed by atoms with Gasteiger partial charge in [-0.15, -0.1) is 11.8 Å². The first-order valence-electron chi connectivity index (χ1n) is 13.2. The number of aryl methyl sites for hydroxylation is 2. The van der Waals surface area contributed by atoms with Crippen LogP contribution in [0.4, 0.5) is 10.2 Å². The Morgan fingerprint density at radius 2 is 1.93 bits per heavy atom. The van der Waals surface area contributed by atoms with E-state index in [9.17, 15) is 9.59 Å². The number of rotatable bonds is 6. The molecule has 2 aromatic carbocycles. The lowest BCUT2D eigenvalue weighted by molar-refractivity contribution is -0.123. The van der Waals surface area contributed by atoms with Crippen molar-refractivity contribution >= 4 is 29.4 Å². The van der Waals surface area contributed by atoms with Crippen LogP contribution in [0, 0.1) is 19.7 Å². The predicted molar refractivity (Wildman–Crippen MR) is 155 cm³/mol. The van der Waals surface area contributed by atoms with Gasteiger partial charge in [0.25, 0.3) is 0 Å². The van der Waals surface area contributed by atoms with Crippen molar-refractivity contribution in [3.05, 3.63) is 100 Å². The van der Waals surface area contributed by atoms with Crippen LogP contribution >= 0.6 is 11.8 Å². The summed E-state index contributed by atoms with van der Waals surface area (Å²) in [5, 5.41) is 7.44. The van der Waals surface area contributed by atoms with E-state index in [4.69, 9.17) is 9.52 Å². The summed E-state index contributed by atoms with van der Waals surface area (Å²) < 4.78 is 22.4. The predicted octanol–water partition coefficient (Wildman–Crippen LogP) is 6.00. The molecule has 0 aliphatic carbocycles. The lowest BCUT2D eigenvalue weighted by Crippen LogP contribution is -2.42. The van der Waals surface area contributed by atoms with Crippen molar-refractivity contribution in [1.82, 2.24) is 15.1 Å². The van der Waals surface area contributed by atoms with Gasteiger partial charge < -0.3 is 9.73 Å². The maximum atomic E-state index is 15.3. The van der Waals surface area contributed by atoms with Crippen LogP contribution in [0.25, 0.3) is 5.69 Å². The topological polar surface area (TPSA) is 80.4 Å². The van der Waals surface area contributed by atoms with Crippen LogP contribution in [0.5, 0.6) is 0 Å². The molecule has 7 nitrogen and oxygen atoms in total. The molecule has 1 aliphatic heterocycles. The molecule has 0 saturated carbocycles. The first kappa shape index (κ1) is 27.7. The van der Waals surface area contributed by atoms with Gasteiger partial charge in [0.15, 0.2) is 0 Å². The zero-order valence-electron chi connectivity index (χ0n) is 23.3. The number of benzene rings is 2. The molecule has 0 unspecified atom stereocenters. The molecule has 4 aromatic rings. The highest BCUT2D eigenvalue weighted by molar-refractivity contribution is 8.00. The van der Waals surface area contributed by atoms with Crippen molar-refractivity contribution in [1.29, 1.82) is 0 Å². The summed E-state index contributed by atoms with van der Waals surface area (Å²) in [4.78, 5) is 28.5. The van der Waals surface area contributed by atoms with Gasteiger partial charge in [-0.1, -0.05) is 56.7 Å². The van der Waals surface area contributed by atoms with E-state index >= 15 is 4.39 Å². The van der Waals surface area contributed by atoms with Crippen molar-refractivity contribution in [2.75, 3.05) is 17.2 Å². The van der Waals surface area contributed by atoms with Crippen molar-refractivity contribution in [3.8, 4) is 5.69 Å². The zero-order chi connectivity index (χ0) is 28.6. The van der Waals surface area contributed by atoms with Gasteiger partial charge in [0.05, 0.1) is 35.2 Å². The number of carbonyl (C=O) groups excluding carboxylic acids is 2. The highest BCUT2D eigenvalue weighted by Crippen LogP contribution is 2.49. The molecule has 5 rings (SSSR count). The smallest absolute Gasteiger partial charge is 0.240 e. The molecule has 9 heteroatoms. The van der Waals surface area contributed by atoms with Gasteiger partial charge in [0.2, 0.25) is 11.8 Å². The molecule has 40 heavy (non-hydrogen) atoms. The second kappa shape index (κ2) is 11.0. The fourth-order valence-corrected chi connectivity index (χ4v) is 6.24. The van der Waals surface area contributed by atoms with Crippen molar-refractivity contribution in [2.24, 2.45) is 0 Å². The van der Waals surface area contributed by atoms with Gasteiger partial charge in [-0.3, -0.25) is 14.5 Å².